The number of halogens is 4. The molecule has 1 aromatic rings. The molecule has 13 heavy (non-hydrogen) atoms. The molecule has 0 saturated heterocycles. The standard InChI is InChI=1S/C7HF4O2/c8-3-1-2(7(12)13)4(9)6(11)5(3)10/h1H. The molecule has 2 nitrogen and oxygen atoms in total. The second-order valence-electron chi connectivity index (χ2n) is 2.14. The van der Waals surface area contributed by atoms with Crippen LogP contribution in [0.1, 0.15) is 10.4 Å². The van der Waals surface area contributed by atoms with Gasteiger partial charge in [-0.05, 0) is 6.07 Å². The maximum absolute atomic E-state index is 12.5. The number of rotatable bonds is 1. The fraction of sp³-hybridized carbons (Fsp3) is 0. The molecule has 0 aliphatic heterocycles. The van der Waals surface area contributed by atoms with Gasteiger partial charge in [0.2, 0.25) is 0 Å². The fourth-order valence-electron chi connectivity index (χ4n) is 0.721. The van der Waals surface area contributed by atoms with E-state index in [1.165, 1.54) is 0 Å². The molecule has 0 fully saturated rings. The Morgan fingerprint density at radius 2 is 1.54 bits per heavy atom. The minimum Gasteiger partial charge on any atom is -0.241 e. The lowest BCUT2D eigenvalue weighted by atomic mass is 10.2. The molecule has 0 N–H and O–H groups in total. The van der Waals surface area contributed by atoms with Gasteiger partial charge in [-0.1, -0.05) is 0 Å². The molecular weight excluding hydrogens is 192 g/mol. The number of hydrogen-bond donors (Lipinski definition) is 0. The van der Waals surface area contributed by atoms with E-state index in [0.29, 0.717) is 0 Å². The van der Waals surface area contributed by atoms with Gasteiger partial charge in [-0.3, -0.25) is 0 Å². The quantitative estimate of drug-likeness (QED) is 0.380. The van der Waals surface area contributed by atoms with E-state index in [1.54, 1.807) is 0 Å². The van der Waals surface area contributed by atoms with Crippen LogP contribution < -0.4 is 0 Å². The van der Waals surface area contributed by atoms with Crippen LogP contribution >= 0.6 is 0 Å². The minimum absolute atomic E-state index is 0.0169. The van der Waals surface area contributed by atoms with Crippen molar-refractivity contribution in [3.05, 3.63) is 34.9 Å². The highest BCUT2D eigenvalue weighted by Gasteiger charge is 2.23. The summed E-state index contributed by atoms with van der Waals surface area (Å²) in [6.45, 7) is 0. The lowest BCUT2D eigenvalue weighted by Gasteiger charge is -1.99. The zero-order chi connectivity index (χ0) is 10.2. The maximum atomic E-state index is 12.5. The third-order valence-corrected chi connectivity index (χ3v) is 1.32. The lowest BCUT2D eigenvalue weighted by molar-refractivity contribution is 0.0565. The highest BCUT2D eigenvalue weighted by atomic mass is 19.2. The zero-order valence-corrected chi connectivity index (χ0v) is 5.91. The molecule has 0 saturated carbocycles. The first-order valence-corrected chi connectivity index (χ1v) is 2.99. The van der Waals surface area contributed by atoms with E-state index in [0.717, 1.165) is 0 Å². The molecule has 0 amide bonds. The molecule has 1 radical (unpaired) electrons. The van der Waals surface area contributed by atoms with E-state index in [2.05, 4.69) is 0 Å². The van der Waals surface area contributed by atoms with E-state index in [1.807, 2.05) is 0 Å². The van der Waals surface area contributed by atoms with Crippen LogP contribution in [0.25, 0.3) is 0 Å². The Morgan fingerprint density at radius 1 is 1.00 bits per heavy atom. The van der Waals surface area contributed by atoms with E-state index in [4.69, 9.17) is 0 Å². The van der Waals surface area contributed by atoms with Gasteiger partial charge in [-0.25, -0.2) is 27.5 Å². The maximum Gasteiger partial charge on any atom is 0.389 e. The number of carbonyl (C=O) groups is 1. The van der Waals surface area contributed by atoms with Crippen molar-refractivity contribution in [2.75, 3.05) is 0 Å². The Bertz CT molecular complexity index is 375. The van der Waals surface area contributed by atoms with Crippen LogP contribution in [0.3, 0.4) is 0 Å². The summed E-state index contributed by atoms with van der Waals surface area (Å²) >= 11 is 0. The van der Waals surface area contributed by atoms with Crippen LogP contribution in [0, 0.1) is 23.3 Å². The first kappa shape index (κ1) is 9.50. The number of hydrogen-bond acceptors (Lipinski definition) is 1. The van der Waals surface area contributed by atoms with E-state index < -0.39 is 34.8 Å². The van der Waals surface area contributed by atoms with Crippen LogP contribution in [-0.2, 0) is 5.11 Å². The van der Waals surface area contributed by atoms with Gasteiger partial charge in [-0.2, -0.15) is 0 Å². The van der Waals surface area contributed by atoms with Crippen molar-refractivity contribution in [1.82, 2.24) is 0 Å². The minimum atomic E-state index is -2.17. The van der Waals surface area contributed by atoms with E-state index >= 15 is 0 Å². The number of carbonyl (C=O) groups excluding carboxylic acids is 1. The molecule has 0 aliphatic carbocycles. The number of benzene rings is 1. The third kappa shape index (κ3) is 1.47. The molecule has 0 bridgehead atoms. The molecule has 0 aromatic heterocycles. The van der Waals surface area contributed by atoms with E-state index in [-0.39, 0.29) is 6.07 Å². The van der Waals surface area contributed by atoms with Gasteiger partial charge in [0.1, 0.15) is 5.56 Å². The van der Waals surface area contributed by atoms with Gasteiger partial charge in [0, 0.05) is 0 Å². The average Bonchev–Trinajstić information content (AvgIpc) is 2.07. The predicted molar refractivity (Wildman–Crippen MR) is 31.3 cm³/mol. The average molecular weight is 193 g/mol. The monoisotopic (exact) mass is 193 g/mol. The SMILES string of the molecule is [O]C(=O)c1cc(F)c(F)c(F)c1F. The van der Waals surface area contributed by atoms with Crippen molar-refractivity contribution < 1.29 is 27.5 Å². The Labute approximate surface area is 69.4 Å². The summed E-state index contributed by atoms with van der Waals surface area (Å²) < 4.78 is 49.4. The Kier molecular flexibility index (Phi) is 2.22. The molecule has 0 heterocycles. The summed E-state index contributed by atoms with van der Waals surface area (Å²) in [6.07, 6.45) is 0. The summed E-state index contributed by atoms with van der Waals surface area (Å²) in [5, 5.41) is 10.0. The van der Waals surface area contributed by atoms with Crippen LogP contribution in [0.2, 0.25) is 0 Å². The molecule has 0 spiro atoms. The summed E-state index contributed by atoms with van der Waals surface area (Å²) in [5.74, 6) is -10.1. The summed E-state index contributed by atoms with van der Waals surface area (Å²) in [5.41, 5.74) is -1.35. The highest BCUT2D eigenvalue weighted by Crippen LogP contribution is 2.18. The molecule has 6 heteroatoms. The summed E-state index contributed by atoms with van der Waals surface area (Å²) in [4.78, 5) is 10.0. The molecule has 1 aromatic carbocycles. The first-order chi connectivity index (χ1) is 5.95. The largest absolute Gasteiger partial charge is 0.389 e. The Balaban J connectivity index is 3.50. The third-order valence-electron chi connectivity index (χ3n) is 1.32. The predicted octanol–water partition coefficient (Wildman–Crippen LogP) is 1.81. The smallest absolute Gasteiger partial charge is 0.241 e. The van der Waals surface area contributed by atoms with Crippen LogP contribution in [0.5, 0.6) is 0 Å². The Hall–Kier alpha value is -1.59. The molecule has 1 rings (SSSR count). The van der Waals surface area contributed by atoms with Gasteiger partial charge in [0.05, 0.1) is 0 Å². The summed E-state index contributed by atoms with van der Waals surface area (Å²) in [7, 11) is 0. The molecular formula is C7HF4O2. The van der Waals surface area contributed by atoms with E-state index in [9.17, 15) is 27.5 Å². The van der Waals surface area contributed by atoms with Crippen molar-refractivity contribution in [2.24, 2.45) is 0 Å². The second kappa shape index (κ2) is 3.04. The van der Waals surface area contributed by atoms with Crippen LogP contribution in [0.4, 0.5) is 17.6 Å². The molecule has 69 valence electrons. The van der Waals surface area contributed by atoms with Gasteiger partial charge in [0.25, 0.3) is 0 Å². The van der Waals surface area contributed by atoms with Gasteiger partial charge in [-0.15, -0.1) is 0 Å². The van der Waals surface area contributed by atoms with Crippen LogP contribution in [0.15, 0.2) is 6.07 Å². The molecule has 0 unspecified atom stereocenters. The van der Waals surface area contributed by atoms with Gasteiger partial charge >= 0.3 is 5.97 Å². The highest BCUT2D eigenvalue weighted by molar-refractivity contribution is 5.87. The van der Waals surface area contributed by atoms with Gasteiger partial charge < -0.3 is 0 Å². The summed E-state index contributed by atoms with van der Waals surface area (Å²) in [6, 6.07) is 0.0169. The van der Waals surface area contributed by atoms with Crippen molar-refractivity contribution in [1.29, 1.82) is 0 Å². The first-order valence-electron chi connectivity index (χ1n) is 2.99. The van der Waals surface area contributed by atoms with Crippen molar-refractivity contribution in [2.45, 2.75) is 0 Å². The topological polar surface area (TPSA) is 37.0 Å². The Morgan fingerprint density at radius 3 is 2.00 bits per heavy atom. The van der Waals surface area contributed by atoms with Crippen molar-refractivity contribution in [3.8, 4) is 0 Å². The zero-order valence-electron chi connectivity index (χ0n) is 5.91. The van der Waals surface area contributed by atoms with Crippen molar-refractivity contribution in [3.63, 3.8) is 0 Å². The normalized spacial score (nSPS) is 10.2. The molecule has 0 atom stereocenters. The second-order valence-corrected chi connectivity index (χ2v) is 2.14. The molecule has 0 aliphatic rings. The van der Waals surface area contributed by atoms with Crippen LogP contribution in [-0.4, -0.2) is 5.97 Å². The van der Waals surface area contributed by atoms with Crippen molar-refractivity contribution >= 4 is 5.97 Å². The lowest BCUT2D eigenvalue weighted by Crippen LogP contribution is -2.05. The van der Waals surface area contributed by atoms with Gasteiger partial charge in [0.15, 0.2) is 23.3 Å². The fourth-order valence-corrected chi connectivity index (χ4v) is 0.721.